The number of carboxylic acid groups (broad SMARTS) is 1. The lowest BCUT2D eigenvalue weighted by Crippen LogP contribution is -2.28. The van der Waals surface area contributed by atoms with Crippen molar-refractivity contribution in [2.45, 2.75) is 25.4 Å². The molecule has 1 amide bonds. The van der Waals surface area contributed by atoms with Crippen LogP contribution in [0.4, 0.5) is 0 Å². The summed E-state index contributed by atoms with van der Waals surface area (Å²) in [7, 11) is 0. The summed E-state index contributed by atoms with van der Waals surface area (Å²) in [4.78, 5) is 25.8. The first-order chi connectivity index (χ1) is 11.1. The molecule has 0 unspecified atom stereocenters. The first-order valence-corrected chi connectivity index (χ1v) is 7.88. The Labute approximate surface area is 138 Å². The van der Waals surface area contributed by atoms with Gasteiger partial charge >= 0.3 is 5.97 Å². The Bertz CT molecular complexity index is 846. The van der Waals surface area contributed by atoms with Gasteiger partial charge in [-0.25, -0.2) is 4.79 Å². The van der Waals surface area contributed by atoms with Gasteiger partial charge in [-0.3, -0.25) is 4.79 Å². The molecule has 0 aromatic heterocycles. The highest BCUT2D eigenvalue weighted by Crippen LogP contribution is 2.41. The van der Waals surface area contributed by atoms with Gasteiger partial charge in [0.05, 0.1) is 22.2 Å². The van der Waals surface area contributed by atoms with E-state index in [4.69, 9.17) is 11.6 Å². The number of benzene rings is 2. The van der Waals surface area contributed by atoms with Crippen molar-refractivity contribution in [1.29, 1.82) is 0 Å². The molecular weight excluding hydrogens is 314 g/mol. The summed E-state index contributed by atoms with van der Waals surface area (Å²) < 4.78 is 0. The normalized spacial score (nSPS) is 18.9. The molecule has 23 heavy (non-hydrogen) atoms. The highest BCUT2D eigenvalue weighted by molar-refractivity contribution is 6.34. The van der Waals surface area contributed by atoms with E-state index in [1.54, 1.807) is 18.2 Å². The number of aromatic carboxylic acids is 1. The minimum atomic E-state index is -0.947. The number of fused-ring (bicyclic) bond motifs is 2. The van der Waals surface area contributed by atoms with Crippen molar-refractivity contribution < 1.29 is 14.7 Å². The fraction of sp³-hybridized carbons (Fsp3) is 0.222. The van der Waals surface area contributed by atoms with E-state index in [-0.39, 0.29) is 17.5 Å². The summed E-state index contributed by atoms with van der Waals surface area (Å²) in [5, 5.41) is 9.68. The highest BCUT2D eigenvalue weighted by Gasteiger charge is 2.37. The summed E-state index contributed by atoms with van der Waals surface area (Å²) in [6, 6.07) is 10.6. The molecular formula is C18H14ClNO3. The van der Waals surface area contributed by atoms with Crippen LogP contribution in [0.25, 0.3) is 0 Å². The van der Waals surface area contributed by atoms with Crippen LogP contribution in [-0.4, -0.2) is 21.9 Å². The van der Waals surface area contributed by atoms with Gasteiger partial charge in [0.25, 0.3) is 5.91 Å². The number of aryl methyl sites for hydroxylation is 1. The smallest absolute Gasteiger partial charge is 0.335 e. The van der Waals surface area contributed by atoms with Gasteiger partial charge in [0.1, 0.15) is 0 Å². The van der Waals surface area contributed by atoms with Crippen LogP contribution >= 0.6 is 11.6 Å². The fourth-order valence-corrected chi connectivity index (χ4v) is 3.90. The number of nitrogens with zero attached hydrogens (tertiary/aromatic N) is 1. The maximum Gasteiger partial charge on any atom is 0.335 e. The molecule has 0 radical (unpaired) electrons. The van der Waals surface area contributed by atoms with Crippen LogP contribution in [0.2, 0.25) is 5.02 Å². The van der Waals surface area contributed by atoms with E-state index in [2.05, 4.69) is 0 Å². The first-order valence-electron chi connectivity index (χ1n) is 7.50. The van der Waals surface area contributed by atoms with E-state index >= 15 is 0 Å². The van der Waals surface area contributed by atoms with Crippen LogP contribution in [-0.2, 0) is 13.0 Å². The molecule has 1 atom stereocenters. The molecule has 116 valence electrons. The van der Waals surface area contributed by atoms with Crippen LogP contribution in [0.5, 0.6) is 0 Å². The lowest BCUT2D eigenvalue weighted by Gasteiger charge is -2.25. The molecule has 2 aliphatic rings. The second kappa shape index (κ2) is 5.10. The summed E-state index contributed by atoms with van der Waals surface area (Å²) in [5.41, 5.74) is 3.84. The van der Waals surface area contributed by atoms with Gasteiger partial charge in [-0.05, 0) is 47.7 Å². The number of hydrogen-bond donors (Lipinski definition) is 1. The first kappa shape index (κ1) is 14.3. The summed E-state index contributed by atoms with van der Waals surface area (Å²) in [6.07, 6.45) is 1.67. The maximum atomic E-state index is 12.8. The third kappa shape index (κ3) is 2.13. The van der Waals surface area contributed by atoms with Gasteiger partial charge in [0.2, 0.25) is 0 Å². The van der Waals surface area contributed by atoms with Crippen LogP contribution < -0.4 is 0 Å². The standard InChI is InChI=1S/C18H14ClNO3/c19-14-3-1-2-12-9-20(17(21)16(12)14)15-7-6-10-4-5-11(18(22)23)8-13(10)15/h1-5,8,15H,6-7,9H2,(H,22,23)/t15-/m1/s1. The van der Waals surface area contributed by atoms with Crippen molar-refractivity contribution in [3.63, 3.8) is 0 Å². The van der Waals surface area contributed by atoms with Gasteiger partial charge in [-0.2, -0.15) is 0 Å². The minimum Gasteiger partial charge on any atom is -0.478 e. The second-order valence-corrected chi connectivity index (χ2v) is 6.39. The lowest BCUT2D eigenvalue weighted by molar-refractivity contribution is 0.0696. The average Bonchev–Trinajstić information content (AvgIpc) is 3.08. The van der Waals surface area contributed by atoms with E-state index in [1.165, 1.54) is 0 Å². The molecule has 0 saturated heterocycles. The molecule has 4 nitrogen and oxygen atoms in total. The molecule has 0 saturated carbocycles. The molecule has 2 aromatic carbocycles. The number of carbonyl (C=O) groups excluding carboxylic acids is 1. The van der Waals surface area contributed by atoms with E-state index in [1.807, 2.05) is 23.1 Å². The van der Waals surface area contributed by atoms with Gasteiger partial charge in [-0.1, -0.05) is 29.8 Å². The molecule has 1 aliphatic carbocycles. The zero-order valence-corrected chi connectivity index (χ0v) is 13.0. The largest absolute Gasteiger partial charge is 0.478 e. The number of amides is 1. The summed E-state index contributed by atoms with van der Waals surface area (Å²) >= 11 is 6.18. The van der Waals surface area contributed by atoms with Crippen molar-refractivity contribution >= 4 is 23.5 Å². The molecule has 1 N–H and O–H groups in total. The zero-order chi connectivity index (χ0) is 16.1. The fourth-order valence-electron chi connectivity index (χ4n) is 3.63. The Hall–Kier alpha value is -2.33. The number of hydrogen-bond acceptors (Lipinski definition) is 2. The van der Waals surface area contributed by atoms with Gasteiger partial charge in [0.15, 0.2) is 0 Å². The molecule has 4 rings (SSSR count). The van der Waals surface area contributed by atoms with E-state index in [9.17, 15) is 14.7 Å². The Morgan fingerprint density at radius 3 is 2.78 bits per heavy atom. The number of carboxylic acids is 1. The van der Waals surface area contributed by atoms with Crippen molar-refractivity contribution in [1.82, 2.24) is 4.90 Å². The zero-order valence-electron chi connectivity index (χ0n) is 12.3. The Morgan fingerprint density at radius 1 is 1.22 bits per heavy atom. The monoisotopic (exact) mass is 327 g/mol. The molecule has 0 fully saturated rings. The van der Waals surface area contributed by atoms with E-state index in [0.29, 0.717) is 17.1 Å². The Balaban J connectivity index is 1.73. The topological polar surface area (TPSA) is 57.6 Å². The number of halogens is 1. The average molecular weight is 328 g/mol. The predicted octanol–water partition coefficient (Wildman–Crippen LogP) is 3.68. The third-order valence-corrected chi connectivity index (χ3v) is 5.05. The minimum absolute atomic E-state index is 0.0656. The summed E-state index contributed by atoms with van der Waals surface area (Å²) in [6.45, 7) is 0.524. The van der Waals surface area contributed by atoms with Crippen LogP contribution in [0.1, 0.15) is 49.9 Å². The number of rotatable bonds is 2. The SMILES string of the molecule is O=C(O)c1ccc2c(c1)[C@H](N1Cc3cccc(Cl)c3C1=O)CC2. The molecule has 1 heterocycles. The molecule has 0 bridgehead atoms. The van der Waals surface area contributed by atoms with E-state index < -0.39 is 5.97 Å². The van der Waals surface area contributed by atoms with Gasteiger partial charge in [0, 0.05) is 6.54 Å². The van der Waals surface area contributed by atoms with Crippen LogP contribution in [0.15, 0.2) is 36.4 Å². The quantitative estimate of drug-likeness (QED) is 0.915. The van der Waals surface area contributed by atoms with Crippen molar-refractivity contribution in [2.24, 2.45) is 0 Å². The predicted molar refractivity (Wildman–Crippen MR) is 85.8 cm³/mol. The van der Waals surface area contributed by atoms with Crippen molar-refractivity contribution in [3.05, 3.63) is 69.2 Å². The lowest BCUT2D eigenvalue weighted by atomic mass is 10.0. The number of carbonyl (C=O) groups is 2. The maximum absolute atomic E-state index is 12.8. The van der Waals surface area contributed by atoms with Gasteiger partial charge < -0.3 is 10.0 Å². The van der Waals surface area contributed by atoms with E-state index in [0.717, 1.165) is 29.5 Å². The van der Waals surface area contributed by atoms with Crippen molar-refractivity contribution in [2.75, 3.05) is 0 Å². The van der Waals surface area contributed by atoms with Crippen molar-refractivity contribution in [3.8, 4) is 0 Å². The van der Waals surface area contributed by atoms with Crippen LogP contribution in [0, 0.1) is 0 Å². The Morgan fingerprint density at radius 2 is 2.04 bits per heavy atom. The van der Waals surface area contributed by atoms with Crippen LogP contribution in [0.3, 0.4) is 0 Å². The second-order valence-electron chi connectivity index (χ2n) is 5.98. The Kier molecular flexibility index (Phi) is 3.16. The molecule has 1 aliphatic heterocycles. The molecule has 5 heteroatoms. The molecule has 0 spiro atoms. The highest BCUT2D eigenvalue weighted by atomic mass is 35.5. The van der Waals surface area contributed by atoms with Gasteiger partial charge in [-0.15, -0.1) is 0 Å². The molecule has 2 aromatic rings. The third-order valence-electron chi connectivity index (χ3n) is 4.73. The summed E-state index contributed by atoms with van der Waals surface area (Å²) in [5.74, 6) is -1.01.